The smallest absolute Gasteiger partial charge is 0.257 e. The summed E-state index contributed by atoms with van der Waals surface area (Å²) in [6.45, 7) is 7.93. The van der Waals surface area contributed by atoms with E-state index in [1.165, 1.54) is 0 Å². The largest absolute Gasteiger partial charge is 0.338 e. The van der Waals surface area contributed by atoms with Crippen molar-refractivity contribution in [1.29, 1.82) is 0 Å². The fourth-order valence-electron chi connectivity index (χ4n) is 2.69. The number of likely N-dealkylation sites (tertiary alicyclic amines) is 1. The van der Waals surface area contributed by atoms with Crippen LogP contribution >= 0.6 is 0 Å². The van der Waals surface area contributed by atoms with Gasteiger partial charge in [0.2, 0.25) is 0 Å². The monoisotopic (exact) mass is 273 g/mol. The van der Waals surface area contributed by atoms with Crippen LogP contribution < -0.4 is 0 Å². The Balaban J connectivity index is 1.95. The Morgan fingerprint density at radius 3 is 2.95 bits per heavy atom. The number of pyridine rings is 1. The van der Waals surface area contributed by atoms with Crippen LogP contribution in [0, 0.1) is 5.92 Å². The van der Waals surface area contributed by atoms with Gasteiger partial charge in [0.1, 0.15) is 0 Å². The number of hydrogen-bond acceptors (Lipinski definition) is 4. The van der Waals surface area contributed by atoms with Gasteiger partial charge in [-0.15, -0.1) is 0 Å². The van der Waals surface area contributed by atoms with Gasteiger partial charge in [-0.1, -0.05) is 25.9 Å². The topological polar surface area (TPSA) is 59.2 Å². The van der Waals surface area contributed by atoms with Gasteiger partial charge in [-0.2, -0.15) is 0 Å². The van der Waals surface area contributed by atoms with Crippen LogP contribution in [-0.2, 0) is 0 Å². The molecule has 2 aromatic heterocycles. The van der Waals surface area contributed by atoms with E-state index in [0.29, 0.717) is 17.2 Å². The second-order valence-electron chi connectivity index (χ2n) is 5.94. The maximum atomic E-state index is 12.5. The summed E-state index contributed by atoms with van der Waals surface area (Å²) in [6.07, 6.45) is 2.66. The van der Waals surface area contributed by atoms with Gasteiger partial charge < -0.3 is 9.42 Å². The van der Waals surface area contributed by atoms with Crippen molar-refractivity contribution in [2.24, 2.45) is 5.92 Å². The Labute approximate surface area is 117 Å². The van der Waals surface area contributed by atoms with Gasteiger partial charge >= 0.3 is 0 Å². The normalized spacial score (nSPS) is 19.2. The molecule has 5 heteroatoms. The van der Waals surface area contributed by atoms with E-state index >= 15 is 0 Å². The summed E-state index contributed by atoms with van der Waals surface area (Å²) < 4.78 is 5.20. The first-order chi connectivity index (χ1) is 9.56. The SMILES string of the molecule is CC1CCN(C(=O)c2cnc3onc(C(C)C)c3c2)C1. The number of carbonyl (C=O) groups is 1. The maximum absolute atomic E-state index is 12.5. The number of aromatic nitrogens is 2. The summed E-state index contributed by atoms with van der Waals surface area (Å²) in [5.74, 6) is 0.882. The molecule has 0 aromatic carbocycles. The molecule has 20 heavy (non-hydrogen) atoms. The van der Waals surface area contributed by atoms with Crippen molar-refractivity contribution in [1.82, 2.24) is 15.0 Å². The van der Waals surface area contributed by atoms with Gasteiger partial charge in [-0.3, -0.25) is 4.79 Å². The van der Waals surface area contributed by atoms with E-state index in [0.717, 1.165) is 30.6 Å². The van der Waals surface area contributed by atoms with E-state index in [1.807, 2.05) is 24.8 Å². The van der Waals surface area contributed by atoms with E-state index in [4.69, 9.17) is 4.52 Å². The standard InChI is InChI=1S/C15H19N3O2/c1-9(2)13-12-6-11(7-16-14(12)20-17-13)15(19)18-5-4-10(3)8-18/h6-7,9-10H,4-5,8H2,1-3H3. The molecule has 0 saturated carbocycles. The third-order valence-corrected chi connectivity index (χ3v) is 3.86. The molecule has 1 atom stereocenters. The predicted octanol–water partition coefficient (Wildman–Crippen LogP) is 2.83. The molecule has 1 aliphatic heterocycles. The zero-order valence-corrected chi connectivity index (χ0v) is 12.1. The van der Waals surface area contributed by atoms with E-state index in [9.17, 15) is 4.79 Å². The predicted molar refractivity (Wildman–Crippen MR) is 75.6 cm³/mol. The third-order valence-electron chi connectivity index (χ3n) is 3.86. The highest BCUT2D eigenvalue weighted by molar-refractivity contribution is 5.97. The highest BCUT2D eigenvalue weighted by Gasteiger charge is 2.25. The Bertz CT molecular complexity index is 648. The number of rotatable bonds is 2. The van der Waals surface area contributed by atoms with Crippen LogP contribution in [0.25, 0.3) is 11.1 Å². The van der Waals surface area contributed by atoms with Crippen molar-refractivity contribution in [3.8, 4) is 0 Å². The van der Waals surface area contributed by atoms with Crippen LogP contribution in [0.3, 0.4) is 0 Å². The molecule has 1 aliphatic rings. The van der Waals surface area contributed by atoms with Crippen LogP contribution in [0.1, 0.15) is 49.2 Å². The molecular weight excluding hydrogens is 254 g/mol. The lowest BCUT2D eigenvalue weighted by Crippen LogP contribution is -2.28. The molecule has 0 aliphatic carbocycles. The lowest BCUT2D eigenvalue weighted by Gasteiger charge is -2.15. The number of fused-ring (bicyclic) bond motifs is 1. The molecule has 1 saturated heterocycles. The zero-order chi connectivity index (χ0) is 14.3. The summed E-state index contributed by atoms with van der Waals surface area (Å²) in [7, 11) is 0. The number of nitrogens with zero attached hydrogens (tertiary/aromatic N) is 3. The minimum Gasteiger partial charge on any atom is -0.338 e. The molecule has 1 unspecified atom stereocenters. The summed E-state index contributed by atoms with van der Waals surface area (Å²) in [4.78, 5) is 18.6. The van der Waals surface area contributed by atoms with E-state index in [-0.39, 0.29) is 11.8 Å². The first kappa shape index (κ1) is 13.1. The van der Waals surface area contributed by atoms with Crippen molar-refractivity contribution in [2.45, 2.75) is 33.1 Å². The molecule has 106 valence electrons. The third kappa shape index (κ3) is 2.17. The highest BCUT2D eigenvalue weighted by atomic mass is 16.5. The fourth-order valence-corrected chi connectivity index (χ4v) is 2.69. The van der Waals surface area contributed by atoms with Crippen LogP contribution in [0.2, 0.25) is 0 Å². The van der Waals surface area contributed by atoms with E-state index in [2.05, 4.69) is 17.1 Å². The maximum Gasteiger partial charge on any atom is 0.257 e. The number of hydrogen-bond donors (Lipinski definition) is 0. The molecular formula is C15H19N3O2. The molecule has 2 aromatic rings. The minimum absolute atomic E-state index is 0.0552. The Morgan fingerprint density at radius 1 is 1.50 bits per heavy atom. The van der Waals surface area contributed by atoms with Gasteiger partial charge in [-0.25, -0.2) is 4.98 Å². The molecule has 0 spiro atoms. The number of carbonyl (C=O) groups excluding carboxylic acids is 1. The summed E-state index contributed by atoms with van der Waals surface area (Å²) in [5, 5.41) is 4.89. The highest BCUT2D eigenvalue weighted by Crippen LogP contribution is 2.25. The average Bonchev–Trinajstić information content (AvgIpc) is 3.03. The van der Waals surface area contributed by atoms with Gasteiger partial charge in [0.05, 0.1) is 16.6 Å². The van der Waals surface area contributed by atoms with Crippen molar-refractivity contribution >= 4 is 17.0 Å². The molecule has 3 rings (SSSR count). The van der Waals surface area contributed by atoms with E-state index < -0.39 is 0 Å². The average molecular weight is 273 g/mol. The molecule has 0 N–H and O–H groups in total. The molecule has 1 fully saturated rings. The Morgan fingerprint density at radius 2 is 2.30 bits per heavy atom. The first-order valence-electron chi connectivity index (χ1n) is 7.11. The number of amides is 1. The molecule has 0 radical (unpaired) electrons. The second-order valence-corrected chi connectivity index (χ2v) is 5.94. The quantitative estimate of drug-likeness (QED) is 0.844. The summed E-state index contributed by atoms with van der Waals surface area (Å²) in [6, 6.07) is 1.86. The van der Waals surface area contributed by atoms with Gasteiger partial charge in [0, 0.05) is 19.3 Å². The summed E-state index contributed by atoms with van der Waals surface area (Å²) >= 11 is 0. The minimum atomic E-state index is 0.0552. The van der Waals surface area contributed by atoms with Crippen LogP contribution in [0.5, 0.6) is 0 Å². The van der Waals surface area contributed by atoms with Crippen molar-refractivity contribution < 1.29 is 9.32 Å². The zero-order valence-electron chi connectivity index (χ0n) is 12.1. The first-order valence-corrected chi connectivity index (χ1v) is 7.11. The van der Waals surface area contributed by atoms with Crippen molar-refractivity contribution in [3.63, 3.8) is 0 Å². The Kier molecular flexibility index (Phi) is 3.20. The van der Waals surface area contributed by atoms with Crippen molar-refractivity contribution in [3.05, 3.63) is 23.5 Å². The lowest BCUT2D eigenvalue weighted by molar-refractivity contribution is 0.0788. The molecule has 3 heterocycles. The lowest BCUT2D eigenvalue weighted by atomic mass is 10.1. The fraction of sp³-hybridized carbons (Fsp3) is 0.533. The summed E-state index contributed by atoms with van der Waals surface area (Å²) in [5.41, 5.74) is 1.98. The molecule has 1 amide bonds. The van der Waals surface area contributed by atoms with Gasteiger partial charge in [0.25, 0.3) is 11.6 Å². The molecule has 0 bridgehead atoms. The van der Waals surface area contributed by atoms with E-state index in [1.54, 1.807) is 6.20 Å². The van der Waals surface area contributed by atoms with Gasteiger partial charge in [-0.05, 0) is 24.3 Å². The molecule has 5 nitrogen and oxygen atoms in total. The second kappa shape index (κ2) is 4.89. The van der Waals surface area contributed by atoms with Crippen LogP contribution in [-0.4, -0.2) is 34.0 Å². The van der Waals surface area contributed by atoms with Crippen LogP contribution in [0.4, 0.5) is 0 Å². The van der Waals surface area contributed by atoms with Gasteiger partial charge in [0.15, 0.2) is 0 Å². The van der Waals surface area contributed by atoms with Crippen LogP contribution in [0.15, 0.2) is 16.8 Å². The Hall–Kier alpha value is -1.91. The van der Waals surface area contributed by atoms with Crippen molar-refractivity contribution in [2.75, 3.05) is 13.1 Å².